The Kier molecular flexibility index (Phi) is 5.01. The van der Waals surface area contributed by atoms with Crippen LogP contribution in [0, 0.1) is 11.8 Å². The molecule has 0 aromatic heterocycles. The number of amides is 1. The van der Waals surface area contributed by atoms with Gasteiger partial charge in [-0.1, -0.05) is 0 Å². The summed E-state index contributed by atoms with van der Waals surface area (Å²) >= 11 is 0. The van der Waals surface area contributed by atoms with Crippen LogP contribution in [0.3, 0.4) is 0 Å². The molecule has 1 amide bonds. The Morgan fingerprint density at radius 2 is 2.06 bits per heavy atom. The van der Waals surface area contributed by atoms with Crippen LogP contribution in [-0.2, 0) is 4.79 Å². The molecule has 1 atom stereocenters. The van der Waals surface area contributed by atoms with Crippen molar-refractivity contribution in [2.75, 3.05) is 46.8 Å². The zero-order valence-electron chi connectivity index (χ0n) is 11.8. The van der Waals surface area contributed by atoms with Crippen LogP contribution in [0.25, 0.3) is 0 Å². The molecule has 0 radical (unpaired) electrons. The summed E-state index contributed by atoms with van der Waals surface area (Å²) in [4.78, 5) is 16.7. The SMILES string of the molecule is CN1CCC(CN(C)C(=O)[C@@H]2CCCNC2)CC1. The normalized spacial score (nSPS) is 27.1. The Morgan fingerprint density at radius 1 is 1.33 bits per heavy atom. The fraction of sp³-hybridized carbons (Fsp3) is 0.929. The maximum Gasteiger partial charge on any atom is 0.226 e. The van der Waals surface area contributed by atoms with E-state index in [0.717, 1.165) is 32.5 Å². The number of likely N-dealkylation sites (tertiary alicyclic amines) is 1. The van der Waals surface area contributed by atoms with Crippen molar-refractivity contribution in [3.63, 3.8) is 0 Å². The fourth-order valence-electron chi connectivity index (χ4n) is 3.10. The van der Waals surface area contributed by atoms with Gasteiger partial charge in [-0.25, -0.2) is 0 Å². The predicted octanol–water partition coefficient (Wildman–Crippen LogP) is 0.786. The van der Waals surface area contributed by atoms with Crippen molar-refractivity contribution in [3.05, 3.63) is 0 Å². The number of hydrogen-bond donors (Lipinski definition) is 1. The topological polar surface area (TPSA) is 35.6 Å². The van der Waals surface area contributed by atoms with Crippen LogP contribution in [0.15, 0.2) is 0 Å². The highest BCUT2D eigenvalue weighted by Gasteiger charge is 2.26. The number of carbonyl (C=O) groups is 1. The molecular weight excluding hydrogens is 226 g/mol. The van der Waals surface area contributed by atoms with E-state index in [1.807, 2.05) is 11.9 Å². The Balaban J connectivity index is 1.76. The molecule has 0 saturated carbocycles. The summed E-state index contributed by atoms with van der Waals surface area (Å²) in [6.45, 7) is 5.25. The first kappa shape index (κ1) is 13.8. The second-order valence-corrected chi connectivity index (χ2v) is 6.01. The Hall–Kier alpha value is -0.610. The Labute approximate surface area is 111 Å². The lowest BCUT2D eigenvalue weighted by atomic mass is 9.94. The van der Waals surface area contributed by atoms with Gasteiger partial charge in [-0.3, -0.25) is 4.79 Å². The summed E-state index contributed by atoms with van der Waals surface area (Å²) in [5.41, 5.74) is 0. The number of rotatable bonds is 3. The molecule has 1 N–H and O–H groups in total. The van der Waals surface area contributed by atoms with E-state index in [2.05, 4.69) is 17.3 Å². The summed E-state index contributed by atoms with van der Waals surface area (Å²) in [6, 6.07) is 0. The zero-order chi connectivity index (χ0) is 13.0. The van der Waals surface area contributed by atoms with Gasteiger partial charge in [0.15, 0.2) is 0 Å². The molecule has 2 heterocycles. The van der Waals surface area contributed by atoms with Gasteiger partial charge in [0.1, 0.15) is 0 Å². The summed E-state index contributed by atoms with van der Waals surface area (Å²) < 4.78 is 0. The van der Waals surface area contributed by atoms with E-state index in [1.165, 1.54) is 25.9 Å². The van der Waals surface area contributed by atoms with Crippen molar-refractivity contribution in [2.45, 2.75) is 25.7 Å². The standard InChI is InChI=1S/C14H27N3O/c1-16-8-5-12(6-9-16)11-17(2)14(18)13-4-3-7-15-10-13/h12-13,15H,3-11H2,1-2H3/t13-/m1/s1. The molecule has 0 aliphatic carbocycles. The average Bonchev–Trinajstić information content (AvgIpc) is 2.41. The molecule has 0 unspecified atom stereocenters. The summed E-state index contributed by atoms with van der Waals surface area (Å²) in [6.07, 6.45) is 4.66. The maximum absolute atomic E-state index is 12.3. The van der Waals surface area contributed by atoms with Crippen LogP contribution >= 0.6 is 0 Å². The largest absolute Gasteiger partial charge is 0.345 e. The lowest BCUT2D eigenvalue weighted by molar-refractivity contribution is -0.135. The van der Waals surface area contributed by atoms with Crippen LogP contribution < -0.4 is 5.32 Å². The molecule has 0 spiro atoms. The first-order valence-electron chi connectivity index (χ1n) is 7.31. The van der Waals surface area contributed by atoms with Crippen LogP contribution in [0.2, 0.25) is 0 Å². The highest BCUT2D eigenvalue weighted by Crippen LogP contribution is 2.19. The second-order valence-electron chi connectivity index (χ2n) is 6.01. The molecule has 0 aromatic carbocycles. The van der Waals surface area contributed by atoms with E-state index < -0.39 is 0 Å². The number of nitrogens with zero attached hydrogens (tertiary/aromatic N) is 2. The predicted molar refractivity (Wildman–Crippen MR) is 73.5 cm³/mol. The minimum Gasteiger partial charge on any atom is -0.345 e. The minimum absolute atomic E-state index is 0.218. The van der Waals surface area contributed by atoms with Crippen LogP contribution in [0.5, 0.6) is 0 Å². The number of nitrogens with one attached hydrogen (secondary N) is 1. The molecule has 2 aliphatic heterocycles. The van der Waals surface area contributed by atoms with Gasteiger partial charge >= 0.3 is 0 Å². The quantitative estimate of drug-likeness (QED) is 0.807. The van der Waals surface area contributed by atoms with Gasteiger partial charge in [-0.2, -0.15) is 0 Å². The van der Waals surface area contributed by atoms with Crippen molar-refractivity contribution in [3.8, 4) is 0 Å². The van der Waals surface area contributed by atoms with Gasteiger partial charge in [0.05, 0.1) is 5.92 Å². The molecule has 2 aliphatic rings. The highest BCUT2D eigenvalue weighted by molar-refractivity contribution is 5.78. The lowest BCUT2D eigenvalue weighted by Crippen LogP contribution is -2.44. The second kappa shape index (κ2) is 6.53. The van der Waals surface area contributed by atoms with Gasteiger partial charge in [-0.15, -0.1) is 0 Å². The Bertz CT molecular complexity index is 268. The summed E-state index contributed by atoms with van der Waals surface area (Å²) in [7, 11) is 4.16. The van der Waals surface area contributed by atoms with Gasteiger partial charge in [0.25, 0.3) is 0 Å². The lowest BCUT2D eigenvalue weighted by Gasteiger charge is -2.33. The van der Waals surface area contributed by atoms with Crippen molar-refractivity contribution < 1.29 is 4.79 Å². The first-order valence-corrected chi connectivity index (χ1v) is 7.31. The molecule has 4 nitrogen and oxygen atoms in total. The first-order chi connectivity index (χ1) is 8.66. The minimum atomic E-state index is 0.218. The third-order valence-corrected chi connectivity index (χ3v) is 4.39. The molecular formula is C14H27N3O. The number of hydrogen-bond acceptors (Lipinski definition) is 3. The smallest absolute Gasteiger partial charge is 0.226 e. The number of carbonyl (C=O) groups excluding carboxylic acids is 1. The van der Waals surface area contributed by atoms with Gasteiger partial charge in [-0.05, 0) is 58.3 Å². The molecule has 2 fully saturated rings. The molecule has 2 rings (SSSR count). The molecule has 2 saturated heterocycles. The Morgan fingerprint density at radius 3 is 2.67 bits per heavy atom. The van der Waals surface area contributed by atoms with Gasteiger partial charge in [0, 0.05) is 20.1 Å². The van der Waals surface area contributed by atoms with E-state index >= 15 is 0 Å². The van der Waals surface area contributed by atoms with Crippen LogP contribution in [0.1, 0.15) is 25.7 Å². The summed E-state index contributed by atoms with van der Waals surface area (Å²) in [5, 5.41) is 3.33. The van der Waals surface area contributed by atoms with E-state index in [9.17, 15) is 4.79 Å². The maximum atomic E-state index is 12.3. The molecule has 0 aromatic rings. The molecule has 18 heavy (non-hydrogen) atoms. The van der Waals surface area contributed by atoms with Crippen molar-refractivity contribution in [1.29, 1.82) is 0 Å². The van der Waals surface area contributed by atoms with Crippen LogP contribution in [0.4, 0.5) is 0 Å². The highest BCUT2D eigenvalue weighted by atomic mass is 16.2. The van der Waals surface area contributed by atoms with Gasteiger partial charge in [0.2, 0.25) is 5.91 Å². The average molecular weight is 253 g/mol. The molecule has 4 heteroatoms. The van der Waals surface area contributed by atoms with Crippen molar-refractivity contribution >= 4 is 5.91 Å². The third-order valence-electron chi connectivity index (χ3n) is 4.39. The monoisotopic (exact) mass is 253 g/mol. The van der Waals surface area contributed by atoms with Crippen molar-refractivity contribution in [2.24, 2.45) is 11.8 Å². The molecule has 0 bridgehead atoms. The molecule has 104 valence electrons. The van der Waals surface area contributed by atoms with Crippen molar-refractivity contribution in [1.82, 2.24) is 15.1 Å². The van der Waals surface area contributed by atoms with E-state index in [-0.39, 0.29) is 5.92 Å². The zero-order valence-corrected chi connectivity index (χ0v) is 11.8. The van der Waals surface area contributed by atoms with E-state index in [4.69, 9.17) is 0 Å². The summed E-state index contributed by atoms with van der Waals surface area (Å²) in [5.74, 6) is 1.27. The van der Waals surface area contributed by atoms with E-state index in [1.54, 1.807) is 0 Å². The van der Waals surface area contributed by atoms with E-state index in [0.29, 0.717) is 11.8 Å². The van der Waals surface area contributed by atoms with Gasteiger partial charge < -0.3 is 15.1 Å². The third kappa shape index (κ3) is 3.69. The fourth-order valence-corrected chi connectivity index (χ4v) is 3.10. The van der Waals surface area contributed by atoms with Crippen LogP contribution in [-0.4, -0.2) is 62.5 Å². The number of piperidine rings is 2.